The molecule has 26 heavy (non-hydrogen) atoms. The minimum absolute atomic E-state index is 0.175. The first-order valence-corrected chi connectivity index (χ1v) is 9.06. The number of benzene rings is 2. The Hall–Kier alpha value is -2.83. The Morgan fingerprint density at radius 1 is 0.885 bits per heavy atom. The fourth-order valence-electron chi connectivity index (χ4n) is 2.19. The van der Waals surface area contributed by atoms with Gasteiger partial charge in [-0.3, -0.25) is 20.4 Å². The zero-order valence-electron chi connectivity index (χ0n) is 13.9. The van der Waals surface area contributed by atoms with E-state index in [1.54, 1.807) is 47.8 Å². The van der Waals surface area contributed by atoms with Gasteiger partial charge in [0.05, 0.1) is 10.7 Å². The van der Waals surface area contributed by atoms with Gasteiger partial charge in [-0.15, -0.1) is 11.3 Å². The van der Waals surface area contributed by atoms with Crippen molar-refractivity contribution in [2.24, 2.45) is 0 Å². The molecule has 0 atom stereocenters. The number of aryl methyl sites for hydroxylation is 1. The van der Waals surface area contributed by atoms with Crippen molar-refractivity contribution < 1.29 is 9.59 Å². The van der Waals surface area contributed by atoms with Gasteiger partial charge < -0.3 is 5.32 Å². The summed E-state index contributed by atoms with van der Waals surface area (Å²) in [5, 5.41) is 5.00. The van der Waals surface area contributed by atoms with Crippen LogP contribution in [-0.2, 0) is 0 Å². The molecule has 5 nitrogen and oxygen atoms in total. The maximum absolute atomic E-state index is 12.2. The monoisotopic (exact) mass is 385 g/mol. The molecule has 0 saturated carbocycles. The summed E-state index contributed by atoms with van der Waals surface area (Å²) < 4.78 is 0. The Balaban J connectivity index is 1.56. The lowest BCUT2D eigenvalue weighted by atomic mass is 10.1. The summed E-state index contributed by atoms with van der Waals surface area (Å²) >= 11 is 7.20. The molecule has 0 radical (unpaired) electrons. The zero-order chi connectivity index (χ0) is 18.5. The molecule has 2 amide bonds. The largest absolute Gasteiger partial charge is 0.322 e. The number of nitrogens with one attached hydrogen (secondary N) is 3. The Kier molecular flexibility index (Phi) is 5.55. The van der Waals surface area contributed by atoms with Crippen LogP contribution in [-0.4, -0.2) is 11.8 Å². The maximum Gasteiger partial charge on any atom is 0.281 e. The highest BCUT2D eigenvalue weighted by Crippen LogP contribution is 2.21. The first kappa shape index (κ1) is 18.0. The van der Waals surface area contributed by atoms with Crippen molar-refractivity contribution in [1.29, 1.82) is 0 Å². The predicted molar refractivity (Wildman–Crippen MR) is 106 cm³/mol. The Bertz CT molecular complexity index is 921. The normalized spacial score (nSPS) is 10.2. The highest BCUT2D eigenvalue weighted by Gasteiger charge is 2.11. The van der Waals surface area contributed by atoms with Crippen LogP contribution in [0.5, 0.6) is 0 Å². The smallest absolute Gasteiger partial charge is 0.281 e. The van der Waals surface area contributed by atoms with E-state index >= 15 is 0 Å². The summed E-state index contributed by atoms with van der Waals surface area (Å²) in [4.78, 5) is 24.6. The maximum atomic E-state index is 12.2. The molecule has 0 spiro atoms. The van der Waals surface area contributed by atoms with E-state index in [-0.39, 0.29) is 11.8 Å². The third kappa shape index (κ3) is 4.41. The van der Waals surface area contributed by atoms with Crippen molar-refractivity contribution in [1.82, 2.24) is 5.43 Å². The standard InChI is InChI=1S/C19H16ClN3O2S/c1-12-2-4-13(5-3-12)18(24)21-14-6-8-15(9-7-14)22-23-19(25)17-16(20)10-11-26-17/h2-11,22H,1H3,(H,21,24)(H,23,25). The number of rotatable bonds is 5. The van der Waals surface area contributed by atoms with Crippen molar-refractivity contribution in [3.05, 3.63) is 81.0 Å². The van der Waals surface area contributed by atoms with Crippen LogP contribution in [0.3, 0.4) is 0 Å². The van der Waals surface area contributed by atoms with E-state index < -0.39 is 0 Å². The van der Waals surface area contributed by atoms with E-state index in [1.165, 1.54) is 11.3 Å². The molecule has 0 aliphatic rings. The molecular weight excluding hydrogens is 370 g/mol. The van der Waals surface area contributed by atoms with Gasteiger partial charge in [-0.25, -0.2) is 0 Å². The molecule has 0 aliphatic heterocycles. The Morgan fingerprint density at radius 3 is 2.15 bits per heavy atom. The lowest BCUT2D eigenvalue weighted by molar-refractivity contribution is 0.0965. The summed E-state index contributed by atoms with van der Waals surface area (Å²) in [7, 11) is 0. The van der Waals surface area contributed by atoms with Gasteiger partial charge in [-0.1, -0.05) is 29.3 Å². The molecule has 7 heteroatoms. The van der Waals surface area contributed by atoms with Gasteiger partial charge in [-0.05, 0) is 54.8 Å². The summed E-state index contributed by atoms with van der Waals surface area (Å²) in [6.07, 6.45) is 0. The van der Waals surface area contributed by atoms with Crippen molar-refractivity contribution in [2.45, 2.75) is 6.92 Å². The minimum atomic E-state index is -0.304. The quantitative estimate of drug-likeness (QED) is 0.556. The lowest BCUT2D eigenvalue weighted by Gasteiger charge is -2.10. The second-order valence-corrected chi connectivity index (χ2v) is 6.90. The minimum Gasteiger partial charge on any atom is -0.322 e. The molecule has 0 saturated heterocycles. The second kappa shape index (κ2) is 8.03. The van der Waals surface area contributed by atoms with Crippen molar-refractivity contribution in [3.63, 3.8) is 0 Å². The molecule has 0 fully saturated rings. The molecule has 132 valence electrons. The fraction of sp³-hybridized carbons (Fsp3) is 0.0526. The molecule has 0 bridgehead atoms. The number of carbonyl (C=O) groups is 2. The number of hydrazine groups is 1. The average Bonchev–Trinajstić information content (AvgIpc) is 3.07. The number of amides is 2. The van der Waals surface area contributed by atoms with Crippen LogP contribution in [0, 0.1) is 6.92 Å². The number of anilines is 2. The molecule has 1 aromatic heterocycles. The molecule has 2 aromatic carbocycles. The number of halogens is 1. The van der Waals surface area contributed by atoms with Gasteiger partial charge in [0.2, 0.25) is 0 Å². The zero-order valence-corrected chi connectivity index (χ0v) is 15.4. The van der Waals surface area contributed by atoms with Crippen LogP contribution in [0.25, 0.3) is 0 Å². The van der Waals surface area contributed by atoms with Crippen LogP contribution < -0.4 is 16.2 Å². The predicted octanol–water partition coefficient (Wildman–Crippen LogP) is 4.72. The van der Waals surface area contributed by atoms with Crippen LogP contribution in [0.4, 0.5) is 11.4 Å². The van der Waals surface area contributed by atoms with E-state index in [4.69, 9.17) is 11.6 Å². The number of hydrogen-bond donors (Lipinski definition) is 3. The molecular formula is C19H16ClN3O2S. The first-order valence-electron chi connectivity index (χ1n) is 7.80. The Labute approximate surface area is 160 Å². The van der Waals surface area contributed by atoms with Gasteiger partial charge in [-0.2, -0.15) is 0 Å². The van der Waals surface area contributed by atoms with Crippen LogP contribution in [0.15, 0.2) is 60.0 Å². The SMILES string of the molecule is Cc1ccc(C(=O)Nc2ccc(NNC(=O)c3sccc3Cl)cc2)cc1. The highest BCUT2D eigenvalue weighted by atomic mass is 35.5. The summed E-state index contributed by atoms with van der Waals surface area (Å²) in [6, 6.07) is 16.0. The van der Waals surface area contributed by atoms with Gasteiger partial charge in [0.25, 0.3) is 11.8 Å². The number of carbonyl (C=O) groups excluding carboxylic acids is 2. The molecule has 1 heterocycles. The van der Waals surface area contributed by atoms with Gasteiger partial charge in [0.15, 0.2) is 0 Å². The van der Waals surface area contributed by atoms with E-state index in [2.05, 4.69) is 16.2 Å². The van der Waals surface area contributed by atoms with Crippen LogP contribution >= 0.6 is 22.9 Å². The van der Waals surface area contributed by atoms with Crippen molar-refractivity contribution in [3.8, 4) is 0 Å². The fourth-order valence-corrected chi connectivity index (χ4v) is 3.22. The number of thiophene rings is 1. The topological polar surface area (TPSA) is 70.2 Å². The lowest BCUT2D eigenvalue weighted by Crippen LogP contribution is -2.28. The molecule has 3 N–H and O–H groups in total. The third-order valence-corrected chi connectivity index (χ3v) is 4.94. The average molecular weight is 386 g/mol. The van der Waals surface area contributed by atoms with Gasteiger partial charge >= 0.3 is 0 Å². The van der Waals surface area contributed by atoms with E-state index in [0.29, 0.717) is 26.8 Å². The van der Waals surface area contributed by atoms with Crippen molar-refractivity contribution >= 4 is 46.1 Å². The molecule has 0 aliphatic carbocycles. The van der Waals surface area contributed by atoms with Gasteiger partial charge in [0.1, 0.15) is 4.88 Å². The van der Waals surface area contributed by atoms with E-state index in [1.807, 2.05) is 19.1 Å². The second-order valence-electron chi connectivity index (χ2n) is 5.57. The van der Waals surface area contributed by atoms with Gasteiger partial charge in [0, 0.05) is 11.3 Å². The van der Waals surface area contributed by atoms with E-state index in [9.17, 15) is 9.59 Å². The van der Waals surface area contributed by atoms with Crippen LogP contribution in [0.2, 0.25) is 5.02 Å². The molecule has 0 unspecified atom stereocenters. The highest BCUT2D eigenvalue weighted by molar-refractivity contribution is 7.12. The summed E-state index contributed by atoms with van der Waals surface area (Å²) in [5.74, 6) is -0.479. The first-order chi connectivity index (χ1) is 12.5. The summed E-state index contributed by atoms with van der Waals surface area (Å²) in [6.45, 7) is 1.97. The number of hydrogen-bond acceptors (Lipinski definition) is 4. The summed E-state index contributed by atoms with van der Waals surface area (Å²) in [5.41, 5.74) is 8.43. The van der Waals surface area contributed by atoms with Crippen molar-refractivity contribution in [2.75, 3.05) is 10.7 Å². The van der Waals surface area contributed by atoms with E-state index in [0.717, 1.165) is 5.56 Å². The molecule has 3 rings (SSSR count). The van der Waals surface area contributed by atoms with Crippen LogP contribution in [0.1, 0.15) is 25.6 Å². The molecule has 3 aromatic rings. The Morgan fingerprint density at radius 2 is 1.54 bits per heavy atom. The third-order valence-electron chi connectivity index (χ3n) is 3.60.